The van der Waals surface area contributed by atoms with E-state index in [1.54, 1.807) is 19.2 Å². The molecule has 0 aliphatic rings. The van der Waals surface area contributed by atoms with E-state index in [0.717, 1.165) is 22.4 Å². The first-order valence-electron chi connectivity index (χ1n) is 8.75. The molecule has 1 amide bonds. The lowest BCUT2D eigenvalue weighted by Crippen LogP contribution is -2.24. The quantitative estimate of drug-likeness (QED) is 0.660. The minimum Gasteiger partial charge on any atom is -0.497 e. The van der Waals surface area contributed by atoms with Crippen molar-refractivity contribution in [1.82, 2.24) is 10.3 Å². The lowest BCUT2D eigenvalue weighted by Gasteiger charge is -2.11. The summed E-state index contributed by atoms with van der Waals surface area (Å²) in [4.78, 5) is 27.7. The Morgan fingerprint density at radius 3 is 2.46 bits per heavy atom. The van der Waals surface area contributed by atoms with Crippen LogP contribution in [0.3, 0.4) is 0 Å². The average molecular weight is 376 g/mol. The molecule has 1 aromatic heterocycles. The van der Waals surface area contributed by atoms with Crippen LogP contribution in [-0.2, 0) is 17.8 Å². The topological polar surface area (TPSA) is 88.5 Å². The molecule has 0 saturated heterocycles. The maximum Gasteiger partial charge on any atom is 0.354 e. The summed E-state index contributed by atoms with van der Waals surface area (Å²) >= 11 is 0. The third-order valence-corrected chi connectivity index (χ3v) is 4.26. The molecular weight excluding hydrogens is 356 g/mol. The Hall–Kier alpha value is -3.67. The van der Waals surface area contributed by atoms with Crippen LogP contribution in [0.2, 0.25) is 0 Å². The summed E-state index contributed by atoms with van der Waals surface area (Å²) in [5.41, 5.74) is 3.08. The highest BCUT2D eigenvalue weighted by atomic mass is 16.5. The number of amides is 1. The van der Waals surface area contributed by atoms with Crippen LogP contribution >= 0.6 is 0 Å². The first-order chi connectivity index (χ1) is 13.6. The number of hydrogen-bond acceptors (Lipinski definition) is 4. The first-order valence-corrected chi connectivity index (χ1v) is 8.75. The number of aromatic carboxylic acids is 1. The Kier molecular flexibility index (Phi) is 6.01. The highest BCUT2D eigenvalue weighted by Crippen LogP contribution is 2.22. The number of carboxylic acid groups (broad SMARTS) is 1. The molecule has 6 heteroatoms. The molecule has 28 heavy (non-hydrogen) atoms. The van der Waals surface area contributed by atoms with E-state index in [-0.39, 0.29) is 18.0 Å². The number of ether oxygens (including phenoxy) is 1. The predicted molar refractivity (Wildman–Crippen MR) is 105 cm³/mol. The number of carbonyl (C=O) groups excluding carboxylic acids is 1. The van der Waals surface area contributed by atoms with Crippen molar-refractivity contribution < 1.29 is 19.4 Å². The molecule has 0 atom stereocenters. The molecule has 142 valence electrons. The van der Waals surface area contributed by atoms with Gasteiger partial charge in [0.25, 0.3) is 0 Å². The van der Waals surface area contributed by atoms with Gasteiger partial charge in [-0.3, -0.25) is 4.79 Å². The van der Waals surface area contributed by atoms with Crippen molar-refractivity contribution >= 4 is 11.9 Å². The smallest absolute Gasteiger partial charge is 0.354 e. The molecule has 6 nitrogen and oxygen atoms in total. The number of methoxy groups -OCH3 is 1. The van der Waals surface area contributed by atoms with Gasteiger partial charge in [0.1, 0.15) is 11.4 Å². The molecule has 0 spiro atoms. The Morgan fingerprint density at radius 2 is 1.75 bits per heavy atom. The van der Waals surface area contributed by atoms with Gasteiger partial charge in [-0.25, -0.2) is 9.78 Å². The van der Waals surface area contributed by atoms with Crippen LogP contribution in [0.1, 0.15) is 21.6 Å². The minimum absolute atomic E-state index is 0.0177. The number of pyridine rings is 1. The highest BCUT2D eigenvalue weighted by molar-refractivity contribution is 5.86. The predicted octanol–water partition coefficient (Wildman–Crippen LogP) is 3.31. The van der Waals surface area contributed by atoms with Gasteiger partial charge >= 0.3 is 5.97 Å². The van der Waals surface area contributed by atoms with Gasteiger partial charge in [-0.2, -0.15) is 0 Å². The number of benzene rings is 2. The number of carbonyl (C=O) groups is 2. The van der Waals surface area contributed by atoms with Crippen LogP contribution in [-0.4, -0.2) is 29.1 Å². The fourth-order valence-corrected chi connectivity index (χ4v) is 2.81. The van der Waals surface area contributed by atoms with E-state index >= 15 is 0 Å². The van der Waals surface area contributed by atoms with E-state index in [2.05, 4.69) is 10.3 Å². The summed E-state index contributed by atoms with van der Waals surface area (Å²) in [7, 11) is 1.60. The van der Waals surface area contributed by atoms with Crippen LogP contribution < -0.4 is 10.1 Å². The normalized spacial score (nSPS) is 10.3. The Balaban J connectivity index is 1.70. The van der Waals surface area contributed by atoms with Gasteiger partial charge in [0, 0.05) is 12.1 Å². The van der Waals surface area contributed by atoms with Crippen molar-refractivity contribution in [1.29, 1.82) is 0 Å². The van der Waals surface area contributed by atoms with Crippen molar-refractivity contribution in [2.24, 2.45) is 0 Å². The van der Waals surface area contributed by atoms with Gasteiger partial charge in [0.05, 0.1) is 19.2 Å². The maximum absolute atomic E-state index is 12.3. The number of nitrogens with one attached hydrogen (secondary N) is 1. The second-order valence-corrected chi connectivity index (χ2v) is 6.17. The van der Waals surface area contributed by atoms with Crippen LogP contribution in [0.25, 0.3) is 11.3 Å². The second kappa shape index (κ2) is 8.81. The minimum atomic E-state index is -1.08. The van der Waals surface area contributed by atoms with E-state index in [1.807, 2.05) is 48.5 Å². The zero-order chi connectivity index (χ0) is 19.9. The second-order valence-electron chi connectivity index (χ2n) is 6.17. The number of rotatable bonds is 7. The fourth-order valence-electron chi connectivity index (χ4n) is 2.81. The van der Waals surface area contributed by atoms with E-state index in [4.69, 9.17) is 9.84 Å². The summed E-state index contributed by atoms with van der Waals surface area (Å²) in [6.07, 6.45) is 0.263. The zero-order valence-corrected chi connectivity index (χ0v) is 15.4. The summed E-state index contributed by atoms with van der Waals surface area (Å²) < 4.78 is 5.11. The molecule has 0 bridgehead atoms. The maximum atomic E-state index is 12.3. The fraction of sp³-hybridized carbons (Fsp3) is 0.136. The van der Waals surface area contributed by atoms with E-state index in [0.29, 0.717) is 12.2 Å². The summed E-state index contributed by atoms with van der Waals surface area (Å²) in [6.45, 7) is 0.324. The number of nitrogens with zero attached hydrogens (tertiary/aromatic N) is 1. The van der Waals surface area contributed by atoms with Crippen molar-refractivity contribution in [2.75, 3.05) is 7.11 Å². The molecule has 0 unspecified atom stereocenters. The van der Waals surface area contributed by atoms with E-state index in [9.17, 15) is 9.59 Å². The third kappa shape index (κ3) is 4.73. The van der Waals surface area contributed by atoms with Gasteiger partial charge < -0.3 is 15.2 Å². The molecule has 1 heterocycles. The molecule has 3 rings (SSSR count). The third-order valence-electron chi connectivity index (χ3n) is 4.26. The lowest BCUT2D eigenvalue weighted by atomic mass is 10.0. The van der Waals surface area contributed by atoms with Crippen LogP contribution in [0, 0.1) is 0 Å². The number of carboxylic acids is 1. The summed E-state index contributed by atoms with van der Waals surface area (Å²) in [5, 5.41) is 12.1. The molecule has 2 N–H and O–H groups in total. The van der Waals surface area contributed by atoms with E-state index in [1.165, 1.54) is 6.07 Å². The molecule has 0 fully saturated rings. The largest absolute Gasteiger partial charge is 0.497 e. The van der Waals surface area contributed by atoms with Crippen molar-refractivity contribution in [3.63, 3.8) is 0 Å². The number of hydrogen-bond donors (Lipinski definition) is 2. The zero-order valence-electron chi connectivity index (χ0n) is 15.4. The van der Waals surface area contributed by atoms with Gasteiger partial charge in [0.15, 0.2) is 0 Å². The molecule has 3 aromatic rings. The highest BCUT2D eigenvalue weighted by Gasteiger charge is 2.11. The standard InChI is InChI=1S/C22H20N2O4/c1-28-17-11-9-15(10-12-17)13-21(25)23-14-16-5-2-3-6-18(16)19-7-4-8-20(24-19)22(26)27/h2-12H,13-14H2,1H3,(H,23,25)(H,26,27). The molecular formula is C22H20N2O4. The monoisotopic (exact) mass is 376 g/mol. The Bertz CT molecular complexity index is 984. The van der Waals surface area contributed by atoms with Crippen molar-refractivity contribution in [2.45, 2.75) is 13.0 Å². The average Bonchev–Trinajstić information content (AvgIpc) is 2.73. The van der Waals surface area contributed by atoms with Gasteiger partial charge in [-0.1, -0.05) is 42.5 Å². The Labute approximate surface area is 162 Å². The van der Waals surface area contributed by atoms with Crippen molar-refractivity contribution in [3.05, 3.63) is 83.6 Å². The van der Waals surface area contributed by atoms with Gasteiger partial charge in [0.2, 0.25) is 5.91 Å². The molecule has 0 saturated carbocycles. The van der Waals surface area contributed by atoms with Crippen LogP contribution in [0.4, 0.5) is 0 Å². The summed E-state index contributed by atoms with van der Waals surface area (Å²) in [6, 6.07) is 19.7. The van der Waals surface area contributed by atoms with Crippen molar-refractivity contribution in [3.8, 4) is 17.0 Å². The SMILES string of the molecule is COc1ccc(CC(=O)NCc2ccccc2-c2cccc(C(=O)O)n2)cc1. The number of aromatic nitrogens is 1. The summed E-state index contributed by atoms with van der Waals surface area (Å²) in [5.74, 6) is -0.437. The molecule has 0 radical (unpaired) electrons. The molecule has 2 aromatic carbocycles. The van der Waals surface area contributed by atoms with Gasteiger partial charge in [-0.15, -0.1) is 0 Å². The molecule has 0 aliphatic heterocycles. The van der Waals surface area contributed by atoms with Gasteiger partial charge in [-0.05, 0) is 35.4 Å². The Morgan fingerprint density at radius 1 is 1.00 bits per heavy atom. The molecule has 0 aliphatic carbocycles. The van der Waals surface area contributed by atoms with E-state index < -0.39 is 5.97 Å². The lowest BCUT2D eigenvalue weighted by molar-refractivity contribution is -0.120. The van der Waals surface area contributed by atoms with Crippen LogP contribution in [0.15, 0.2) is 66.7 Å². The van der Waals surface area contributed by atoms with Crippen LogP contribution in [0.5, 0.6) is 5.75 Å². The first kappa shape index (κ1) is 19.1.